The molecule has 0 saturated heterocycles. The number of carbonyl (C=O) groups excluding carboxylic acids is 3. The van der Waals surface area contributed by atoms with Gasteiger partial charge in [-0.1, -0.05) is 0 Å². The largest absolute Gasteiger partial charge is 2.00 e. The Labute approximate surface area is 153 Å². The summed E-state index contributed by atoms with van der Waals surface area (Å²) < 4.78 is 34.3. The molecule has 0 aliphatic rings. The maximum Gasteiger partial charge on any atom is 2.00 e. The predicted molar refractivity (Wildman–Crippen MR) is 30.6 cm³/mol. The van der Waals surface area contributed by atoms with E-state index in [0.717, 1.165) is 0 Å². The normalized spacial score (nSPS) is 9.48. The van der Waals surface area contributed by atoms with E-state index in [9.17, 15) is 29.7 Å². The Kier molecular flexibility index (Phi) is 21.5. The molecule has 21 heavy (non-hydrogen) atoms. The summed E-state index contributed by atoms with van der Waals surface area (Å²) >= 11 is -5.62. The van der Waals surface area contributed by atoms with E-state index in [0.29, 0.717) is 0 Å². The quantitative estimate of drug-likeness (QED) is 0.355. The number of rotatable bonds is 5. The predicted octanol–water partition coefficient (Wildman–Crippen LogP) is -7.88. The van der Waals surface area contributed by atoms with Crippen LogP contribution in [0.2, 0.25) is 0 Å². The standard InChI is InChI=1S/C6H8O7.Cu.Fe.Mn.4O.Zn/c7-3(8)1-6(13,5(11)12)2-4(9)10;;;;;;;;/h13H,1-2H2,(H,7,8)(H,9,10)(H,11,12);;;;;;;;/q;2*+2;;;;2*-1;+2/p-3. The first kappa shape index (κ1) is 32.9. The van der Waals surface area contributed by atoms with Gasteiger partial charge in [-0.05, 0) is 0 Å². The molecule has 0 spiro atoms. The minimum absolute atomic E-state index is 0. The van der Waals surface area contributed by atoms with Gasteiger partial charge in [0.25, 0.3) is 0 Å². The second-order valence-electron chi connectivity index (χ2n) is 2.79. The molecule has 0 atom stereocenters. The minimum atomic E-state index is -5.62. The molecule has 11 nitrogen and oxygen atoms in total. The number of carbonyl (C=O) groups is 3. The molecule has 15 heteroatoms. The summed E-state index contributed by atoms with van der Waals surface area (Å²) in [5.74, 6) is -5.98. The van der Waals surface area contributed by atoms with Crippen LogP contribution in [0.5, 0.6) is 0 Å². The van der Waals surface area contributed by atoms with Crippen LogP contribution < -0.4 is 23.7 Å². The van der Waals surface area contributed by atoms with Crippen LogP contribution in [-0.2, 0) is 89.0 Å². The van der Waals surface area contributed by atoms with Gasteiger partial charge in [0.1, 0.15) is 5.60 Å². The van der Waals surface area contributed by atoms with Crippen LogP contribution in [0.25, 0.3) is 0 Å². The van der Waals surface area contributed by atoms with Gasteiger partial charge < -0.3 is 34.8 Å². The van der Waals surface area contributed by atoms with E-state index in [4.69, 9.17) is 21.2 Å². The molecule has 0 bridgehead atoms. The van der Waals surface area contributed by atoms with E-state index < -0.39 is 49.7 Å². The molecule has 122 valence electrons. The fourth-order valence-corrected chi connectivity index (χ4v) is 0.684. The third kappa shape index (κ3) is 25.4. The number of hydrogen-bond acceptors (Lipinski definition) is 11. The molecule has 0 aromatic carbocycles. The van der Waals surface area contributed by atoms with Crippen LogP contribution in [0.1, 0.15) is 12.8 Å². The van der Waals surface area contributed by atoms with Gasteiger partial charge in [-0.25, -0.2) is 0 Å². The summed E-state index contributed by atoms with van der Waals surface area (Å²) in [5, 5.41) is 38.9. The van der Waals surface area contributed by atoms with E-state index in [-0.39, 0.29) is 53.6 Å². The molecule has 0 rings (SSSR count). The van der Waals surface area contributed by atoms with Gasteiger partial charge in [0.2, 0.25) is 0 Å². The molecule has 1 N–H and O–H groups in total. The number of carboxylic acid groups (broad SMARTS) is 3. The molecule has 0 aliphatic carbocycles. The summed E-state index contributed by atoms with van der Waals surface area (Å²) in [5.41, 5.74) is -2.97. The zero-order valence-corrected chi connectivity index (χ0v) is 15.9. The molecule has 0 aromatic rings. The van der Waals surface area contributed by atoms with Crippen LogP contribution in [0.3, 0.4) is 0 Å². The van der Waals surface area contributed by atoms with Crippen molar-refractivity contribution in [3.63, 3.8) is 0 Å². The van der Waals surface area contributed by atoms with Crippen molar-refractivity contribution in [2.45, 2.75) is 18.4 Å². The Morgan fingerprint density at radius 1 is 0.952 bits per heavy atom. The first-order chi connectivity index (χ1) is 7.78. The molecule has 0 heterocycles. The van der Waals surface area contributed by atoms with Crippen molar-refractivity contribution in [1.29, 1.82) is 0 Å². The van der Waals surface area contributed by atoms with Gasteiger partial charge in [-0.15, -0.1) is 0 Å². The second kappa shape index (κ2) is 13.7. The summed E-state index contributed by atoms with van der Waals surface area (Å²) in [6.07, 6.45) is -2.72. The van der Waals surface area contributed by atoms with E-state index in [2.05, 4.69) is 0 Å². The first-order valence-corrected chi connectivity index (χ1v) is 5.66. The molecule has 1 radical (unpaired) electrons. The van der Waals surface area contributed by atoms with Gasteiger partial charge in [0.05, 0.1) is 5.97 Å². The van der Waals surface area contributed by atoms with E-state index in [1.165, 1.54) is 0 Å². The van der Waals surface area contributed by atoms with Crippen LogP contribution in [0, 0.1) is 0 Å². The molecule has 0 fully saturated rings. The smallest absolute Gasteiger partial charge is 2.00 e. The van der Waals surface area contributed by atoms with E-state index in [1.54, 1.807) is 0 Å². The van der Waals surface area contributed by atoms with Gasteiger partial charge in [0.15, 0.2) is 0 Å². The third-order valence-corrected chi connectivity index (χ3v) is 1.25. The van der Waals surface area contributed by atoms with Crippen LogP contribution >= 0.6 is 0 Å². The molecule has 0 aliphatic heterocycles. The van der Waals surface area contributed by atoms with Gasteiger partial charge in [-0.2, -0.15) is 0 Å². The van der Waals surface area contributed by atoms with Crippen LogP contribution in [0.4, 0.5) is 0 Å². The summed E-state index contributed by atoms with van der Waals surface area (Å²) in [6, 6.07) is 0. The Morgan fingerprint density at radius 3 is 1.24 bits per heavy atom. The number of hydrogen-bond donors (Lipinski definition) is 1. The van der Waals surface area contributed by atoms with Gasteiger partial charge >= 0.3 is 83.0 Å². The third-order valence-electron chi connectivity index (χ3n) is 1.25. The molecule has 0 saturated carbocycles. The van der Waals surface area contributed by atoms with Crippen molar-refractivity contribution in [1.82, 2.24) is 0 Å². The monoisotopic (exact) mass is 491 g/mol. The Morgan fingerprint density at radius 2 is 1.14 bits per heavy atom. The zero-order valence-electron chi connectivity index (χ0n) is 9.68. The Balaban J connectivity index is -0.0000000933. The number of aliphatic hydroxyl groups is 1. The maximum atomic E-state index is 10.1. The number of aliphatic carboxylic acids is 3. The SMILES string of the molecule is O=C([O-])CC(O)(CC(=O)[O-])C(=O)[O-].[Cu+2].[Fe+2].[O]=[Mn](=[O])([O-])[O-].[Zn+2]. The molecule has 0 amide bonds. The molecule has 0 unspecified atom stereocenters. The summed E-state index contributed by atoms with van der Waals surface area (Å²) in [4.78, 5) is 30.0. The maximum absolute atomic E-state index is 10.1. The van der Waals surface area contributed by atoms with Crippen molar-refractivity contribution in [2.75, 3.05) is 0 Å². The van der Waals surface area contributed by atoms with Gasteiger partial charge in [0, 0.05) is 24.8 Å². The minimum Gasteiger partial charge on any atom is 2.00 e. The van der Waals surface area contributed by atoms with Crippen molar-refractivity contribution in [3.8, 4) is 0 Å². The van der Waals surface area contributed by atoms with Crippen molar-refractivity contribution in [2.24, 2.45) is 0 Å². The number of carboxylic acids is 3. The fraction of sp³-hybridized carbons (Fsp3) is 0.500. The summed E-state index contributed by atoms with van der Waals surface area (Å²) in [6.45, 7) is 0. The fourth-order valence-electron chi connectivity index (χ4n) is 0.684. The zero-order chi connectivity index (χ0) is 15.1. The molecular formula is C6H5CuFeMnO11Zn+. The van der Waals surface area contributed by atoms with Crippen molar-refractivity contribution < 1.29 is 118 Å². The first-order valence-electron chi connectivity index (χ1n) is 3.73. The molecular weight excluding hydrogens is 488 g/mol. The average molecular weight is 493 g/mol. The van der Waals surface area contributed by atoms with E-state index >= 15 is 0 Å². The topological polar surface area (TPSA) is 221 Å². The van der Waals surface area contributed by atoms with Crippen molar-refractivity contribution >= 4 is 17.9 Å². The Hall–Kier alpha value is 0.0718. The van der Waals surface area contributed by atoms with Crippen LogP contribution in [-0.4, -0.2) is 28.6 Å². The van der Waals surface area contributed by atoms with E-state index in [1.807, 2.05) is 0 Å². The van der Waals surface area contributed by atoms with Crippen LogP contribution in [0.15, 0.2) is 0 Å². The summed E-state index contributed by atoms with van der Waals surface area (Å²) in [7, 11) is 0. The average Bonchev–Trinajstić information content (AvgIpc) is 1.95. The second-order valence-corrected chi connectivity index (χ2v) is 3.97. The van der Waals surface area contributed by atoms with Crippen molar-refractivity contribution in [3.05, 3.63) is 0 Å². The van der Waals surface area contributed by atoms with Gasteiger partial charge in [-0.3, -0.25) is 0 Å². The Bertz CT molecular complexity index is 414. The molecule has 0 aromatic heterocycles.